The molecule has 2 aliphatic rings. The van der Waals surface area contributed by atoms with Crippen LogP contribution < -0.4 is 0 Å². The first-order chi connectivity index (χ1) is 9.95. The molecule has 0 spiro atoms. The van der Waals surface area contributed by atoms with Crippen molar-refractivity contribution in [2.45, 2.75) is 48.2 Å². The van der Waals surface area contributed by atoms with Gasteiger partial charge >= 0.3 is 5.97 Å². The van der Waals surface area contributed by atoms with Gasteiger partial charge in [-0.25, -0.2) is 4.98 Å². The number of rotatable bonds is 5. The van der Waals surface area contributed by atoms with Crippen molar-refractivity contribution in [3.8, 4) is 0 Å². The largest absolute Gasteiger partial charge is 0.481 e. The Hall–Kier alpha value is -1.41. The van der Waals surface area contributed by atoms with E-state index in [2.05, 4.69) is 4.98 Å². The number of hydrogen-bond donors (Lipinski definition) is 1. The second kappa shape index (κ2) is 5.42. The number of amides is 2. The zero-order valence-electron chi connectivity index (χ0n) is 11.4. The quantitative estimate of drug-likeness (QED) is 0.824. The molecule has 8 heteroatoms. The first-order valence-electron chi connectivity index (χ1n) is 6.66. The lowest BCUT2D eigenvalue weighted by Gasteiger charge is -2.12. The normalized spacial score (nSPS) is 22.1. The molecular weight excluding hydrogens is 312 g/mol. The van der Waals surface area contributed by atoms with E-state index in [1.54, 1.807) is 6.92 Å². The predicted molar refractivity (Wildman–Crippen MR) is 77.3 cm³/mol. The van der Waals surface area contributed by atoms with Crippen LogP contribution in [0, 0.1) is 6.92 Å². The molecule has 0 radical (unpaired) electrons. The Morgan fingerprint density at radius 1 is 1.48 bits per heavy atom. The zero-order chi connectivity index (χ0) is 15.1. The summed E-state index contributed by atoms with van der Waals surface area (Å²) in [5.74, 6) is -1.12. The highest BCUT2D eigenvalue weighted by Crippen LogP contribution is 2.39. The average Bonchev–Trinajstić information content (AvgIpc) is 3.09. The highest BCUT2D eigenvalue weighted by Gasteiger charge is 2.46. The maximum absolute atomic E-state index is 12.2. The summed E-state index contributed by atoms with van der Waals surface area (Å²) in [6.07, 6.45) is 1.98. The molecule has 1 aromatic rings. The third kappa shape index (κ3) is 2.96. The standard InChI is InChI=1S/C13H14N2O4S2/c1-6-8(5-11(17)18)20-13(14-6)21-9-4-10(16)15(12(9)19)7-2-3-7/h7,9H,2-5H2,1H3,(H,17,18). The van der Waals surface area contributed by atoms with Gasteiger partial charge in [0.25, 0.3) is 0 Å². The van der Waals surface area contributed by atoms with Crippen LogP contribution in [-0.2, 0) is 20.8 Å². The lowest BCUT2D eigenvalue weighted by Crippen LogP contribution is -2.33. The van der Waals surface area contributed by atoms with E-state index in [-0.39, 0.29) is 30.7 Å². The Morgan fingerprint density at radius 2 is 2.19 bits per heavy atom. The van der Waals surface area contributed by atoms with Crippen molar-refractivity contribution in [2.75, 3.05) is 0 Å². The molecule has 0 bridgehead atoms. The lowest BCUT2D eigenvalue weighted by molar-refractivity contribution is -0.139. The van der Waals surface area contributed by atoms with Crippen molar-refractivity contribution in [1.29, 1.82) is 0 Å². The average molecular weight is 326 g/mol. The Bertz CT molecular complexity index is 624. The van der Waals surface area contributed by atoms with Crippen molar-refractivity contribution in [3.05, 3.63) is 10.6 Å². The fourth-order valence-electron chi connectivity index (χ4n) is 2.31. The van der Waals surface area contributed by atoms with Crippen molar-refractivity contribution in [1.82, 2.24) is 9.88 Å². The smallest absolute Gasteiger partial charge is 0.308 e. The summed E-state index contributed by atoms with van der Waals surface area (Å²) in [5.41, 5.74) is 0.681. The number of nitrogens with zero attached hydrogens (tertiary/aromatic N) is 2. The summed E-state index contributed by atoms with van der Waals surface area (Å²) in [4.78, 5) is 41.3. The third-order valence-corrected chi connectivity index (χ3v) is 5.92. The number of carboxylic acids is 1. The fourth-order valence-corrected chi connectivity index (χ4v) is 4.80. The maximum Gasteiger partial charge on any atom is 0.308 e. The first-order valence-corrected chi connectivity index (χ1v) is 8.36. The molecule has 6 nitrogen and oxygen atoms in total. The number of imide groups is 1. The Balaban J connectivity index is 1.71. The Labute approximate surface area is 129 Å². The molecular formula is C13H14N2O4S2. The van der Waals surface area contributed by atoms with E-state index >= 15 is 0 Å². The minimum Gasteiger partial charge on any atom is -0.481 e. The van der Waals surface area contributed by atoms with Gasteiger partial charge in [0.2, 0.25) is 11.8 Å². The highest BCUT2D eigenvalue weighted by atomic mass is 32.2. The summed E-state index contributed by atoms with van der Waals surface area (Å²) in [6.45, 7) is 1.76. The van der Waals surface area contributed by atoms with Gasteiger partial charge in [-0.3, -0.25) is 19.3 Å². The number of aliphatic carboxylic acids is 1. The van der Waals surface area contributed by atoms with Gasteiger partial charge in [0.1, 0.15) is 0 Å². The summed E-state index contributed by atoms with van der Waals surface area (Å²) >= 11 is 2.57. The van der Waals surface area contributed by atoms with Crippen LogP contribution in [0.2, 0.25) is 0 Å². The number of likely N-dealkylation sites (tertiary alicyclic amines) is 1. The number of carbonyl (C=O) groups is 3. The minimum absolute atomic E-state index is 0.0597. The van der Waals surface area contributed by atoms with Crippen molar-refractivity contribution in [3.63, 3.8) is 0 Å². The molecule has 1 saturated carbocycles. The third-order valence-electron chi connectivity index (χ3n) is 3.48. The van der Waals surface area contributed by atoms with E-state index in [0.717, 1.165) is 12.8 Å². The predicted octanol–water partition coefficient (Wildman–Crippen LogP) is 1.46. The molecule has 1 saturated heterocycles. The minimum atomic E-state index is -0.898. The number of aromatic nitrogens is 1. The van der Waals surface area contributed by atoms with E-state index < -0.39 is 11.2 Å². The number of aryl methyl sites for hydroxylation is 1. The lowest BCUT2D eigenvalue weighted by atomic mass is 10.3. The molecule has 1 aliphatic heterocycles. The first kappa shape index (κ1) is 14.5. The fraction of sp³-hybridized carbons (Fsp3) is 0.538. The van der Waals surface area contributed by atoms with E-state index in [4.69, 9.17) is 5.11 Å². The van der Waals surface area contributed by atoms with Gasteiger partial charge in [-0.15, -0.1) is 11.3 Å². The molecule has 112 valence electrons. The van der Waals surface area contributed by atoms with E-state index in [1.165, 1.54) is 28.0 Å². The second-order valence-electron chi connectivity index (χ2n) is 5.20. The molecule has 21 heavy (non-hydrogen) atoms. The summed E-state index contributed by atoms with van der Waals surface area (Å²) in [5, 5.41) is 8.42. The Morgan fingerprint density at radius 3 is 2.81 bits per heavy atom. The molecule has 0 aromatic carbocycles. The van der Waals surface area contributed by atoms with Gasteiger partial charge in [-0.05, 0) is 19.8 Å². The molecule has 1 atom stereocenters. The van der Waals surface area contributed by atoms with Crippen LogP contribution in [0.4, 0.5) is 0 Å². The van der Waals surface area contributed by atoms with Crippen LogP contribution in [0.1, 0.15) is 29.8 Å². The van der Waals surface area contributed by atoms with Gasteiger partial charge in [-0.1, -0.05) is 11.8 Å². The van der Waals surface area contributed by atoms with Crippen molar-refractivity contribution >= 4 is 40.9 Å². The zero-order valence-corrected chi connectivity index (χ0v) is 13.0. The topological polar surface area (TPSA) is 87.6 Å². The van der Waals surface area contributed by atoms with Crippen LogP contribution in [0.15, 0.2) is 4.34 Å². The van der Waals surface area contributed by atoms with Crippen LogP contribution in [0.25, 0.3) is 0 Å². The van der Waals surface area contributed by atoms with Crippen molar-refractivity contribution < 1.29 is 19.5 Å². The molecule has 2 amide bonds. The van der Waals surface area contributed by atoms with Crippen LogP contribution in [-0.4, -0.2) is 44.1 Å². The molecule has 1 unspecified atom stereocenters. The summed E-state index contributed by atoms with van der Waals surface area (Å²) in [6, 6.07) is 0.108. The van der Waals surface area contributed by atoms with Crippen LogP contribution >= 0.6 is 23.1 Å². The summed E-state index contributed by atoms with van der Waals surface area (Å²) in [7, 11) is 0. The number of carboxylic acid groups (broad SMARTS) is 1. The van der Waals surface area contributed by atoms with Gasteiger partial charge in [0.15, 0.2) is 4.34 Å². The van der Waals surface area contributed by atoms with Gasteiger partial charge in [-0.2, -0.15) is 0 Å². The van der Waals surface area contributed by atoms with Crippen molar-refractivity contribution in [2.24, 2.45) is 0 Å². The molecule has 1 aromatic heterocycles. The molecule has 2 heterocycles. The maximum atomic E-state index is 12.2. The van der Waals surface area contributed by atoms with Gasteiger partial charge in [0.05, 0.1) is 17.4 Å². The number of thiazole rings is 1. The second-order valence-corrected chi connectivity index (χ2v) is 7.74. The van der Waals surface area contributed by atoms with Crippen LogP contribution in [0.3, 0.4) is 0 Å². The monoisotopic (exact) mass is 326 g/mol. The molecule has 2 fully saturated rings. The number of thioether (sulfide) groups is 1. The van der Waals surface area contributed by atoms with Gasteiger partial charge < -0.3 is 5.11 Å². The number of carbonyl (C=O) groups excluding carboxylic acids is 2. The van der Waals surface area contributed by atoms with E-state index in [9.17, 15) is 14.4 Å². The SMILES string of the molecule is Cc1nc(SC2CC(=O)N(C3CC3)C2=O)sc1CC(=O)O. The molecule has 1 N–H and O–H groups in total. The van der Waals surface area contributed by atoms with Gasteiger partial charge in [0, 0.05) is 17.3 Å². The summed E-state index contributed by atoms with van der Waals surface area (Å²) < 4.78 is 0.660. The Kier molecular flexibility index (Phi) is 3.75. The molecule has 1 aliphatic carbocycles. The molecule has 3 rings (SSSR count). The highest BCUT2D eigenvalue weighted by molar-refractivity contribution is 8.02. The van der Waals surface area contributed by atoms with E-state index in [1.807, 2.05) is 0 Å². The number of hydrogen-bond acceptors (Lipinski definition) is 6. The van der Waals surface area contributed by atoms with Crippen LogP contribution in [0.5, 0.6) is 0 Å². The van der Waals surface area contributed by atoms with E-state index in [0.29, 0.717) is 14.9 Å².